The van der Waals surface area contributed by atoms with Crippen molar-refractivity contribution in [3.8, 4) is 11.4 Å². The molecule has 0 radical (unpaired) electrons. The van der Waals surface area contributed by atoms with Crippen LogP contribution >= 0.6 is 0 Å². The summed E-state index contributed by atoms with van der Waals surface area (Å²) in [6.07, 6.45) is 1.10. The van der Waals surface area contributed by atoms with Crippen molar-refractivity contribution in [3.63, 3.8) is 0 Å². The molecule has 2 aromatic rings. The molecule has 1 atom stereocenters. The smallest absolute Gasteiger partial charge is 0.308 e. The molecule has 3 rings (SSSR count). The number of nitrogens with zero attached hydrogens (tertiary/aromatic N) is 3. The molecule has 1 aromatic carbocycles. The number of rotatable bonds is 6. The van der Waals surface area contributed by atoms with Crippen LogP contribution in [0.1, 0.15) is 24.8 Å². The molecule has 0 amide bonds. The van der Waals surface area contributed by atoms with Crippen LogP contribution in [-0.2, 0) is 27.2 Å². The van der Waals surface area contributed by atoms with Crippen LogP contribution in [0.5, 0.6) is 0 Å². The second-order valence-electron chi connectivity index (χ2n) is 6.07. The van der Waals surface area contributed by atoms with Crippen LogP contribution in [0.4, 0.5) is 0 Å². The Morgan fingerprint density at radius 3 is 2.88 bits per heavy atom. The Labute approximate surface area is 146 Å². The molecule has 1 aromatic heterocycles. The van der Waals surface area contributed by atoms with Crippen molar-refractivity contribution in [1.29, 1.82) is 0 Å². The summed E-state index contributed by atoms with van der Waals surface area (Å²) < 4.78 is 15.7. The monoisotopic (exact) mass is 345 g/mol. The van der Waals surface area contributed by atoms with Gasteiger partial charge in [0.05, 0.1) is 32.8 Å². The zero-order chi connectivity index (χ0) is 17.6. The highest BCUT2D eigenvalue weighted by molar-refractivity contribution is 5.69. The van der Waals surface area contributed by atoms with Crippen LogP contribution in [0.2, 0.25) is 0 Å². The molecule has 7 nitrogen and oxygen atoms in total. The van der Waals surface area contributed by atoms with Crippen molar-refractivity contribution < 1.29 is 18.8 Å². The molecule has 0 spiro atoms. The normalized spacial score (nSPS) is 18.2. The van der Waals surface area contributed by atoms with Crippen LogP contribution in [0, 0.1) is 0 Å². The summed E-state index contributed by atoms with van der Waals surface area (Å²) in [5.74, 6) is 0.896. The zero-order valence-corrected chi connectivity index (χ0v) is 14.6. The van der Waals surface area contributed by atoms with Crippen molar-refractivity contribution in [3.05, 3.63) is 35.7 Å². The second kappa shape index (κ2) is 8.22. The minimum Gasteiger partial charge on any atom is -0.469 e. The van der Waals surface area contributed by atoms with E-state index in [1.54, 1.807) is 0 Å². The lowest BCUT2D eigenvalue weighted by atomic mass is 10.1. The van der Waals surface area contributed by atoms with E-state index in [2.05, 4.69) is 34.1 Å². The van der Waals surface area contributed by atoms with Gasteiger partial charge in [-0.3, -0.25) is 9.69 Å². The number of hydrogen-bond acceptors (Lipinski definition) is 7. The van der Waals surface area contributed by atoms with E-state index in [-0.39, 0.29) is 18.5 Å². The van der Waals surface area contributed by atoms with Gasteiger partial charge in [0, 0.05) is 18.7 Å². The minimum absolute atomic E-state index is 0.162. The molecule has 25 heavy (non-hydrogen) atoms. The average Bonchev–Trinajstić information content (AvgIpc) is 3.10. The van der Waals surface area contributed by atoms with Crippen LogP contribution in [0.15, 0.2) is 28.8 Å². The van der Waals surface area contributed by atoms with E-state index >= 15 is 0 Å². The maximum Gasteiger partial charge on any atom is 0.308 e. The standard InChI is InChI=1S/C18H23N3O4/c1-3-13-4-6-14(7-5-13)18-19-16(25-20-18)12-21-8-9-24-15(11-21)10-17(22)23-2/h4-7,15H,3,8-12H2,1-2H3/t15-/m1/s1. The first-order valence-electron chi connectivity index (χ1n) is 8.50. The first-order valence-corrected chi connectivity index (χ1v) is 8.50. The summed E-state index contributed by atoms with van der Waals surface area (Å²) in [5, 5.41) is 4.07. The average molecular weight is 345 g/mol. The van der Waals surface area contributed by atoms with Crippen molar-refractivity contribution in [2.45, 2.75) is 32.4 Å². The molecule has 7 heteroatoms. The molecule has 1 fully saturated rings. The number of carbonyl (C=O) groups is 1. The zero-order valence-electron chi connectivity index (χ0n) is 14.6. The lowest BCUT2D eigenvalue weighted by Gasteiger charge is -2.31. The highest BCUT2D eigenvalue weighted by Crippen LogP contribution is 2.18. The summed E-state index contributed by atoms with van der Waals surface area (Å²) in [4.78, 5) is 18.0. The van der Waals surface area contributed by atoms with Gasteiger partial charge in [-0.1, -0.05) is 36.3 Å². The fourth-order valence-corrected chi connectivity index (χ4v) is 2.83. The molecular weight excluding hydrogens is 322 g/mol. The SMILES string of the molecule is CCc1ccc(-c2noc(CN3CCO[C@H](CC(=O)OC)C3)n2)cc1. The van der Waals surface area contributed by atoms with Gasteiger partial charge in [-0.25, -0.2) is 0 Å². The van der Waals surface area contributed by atoms with Crippen LogP contribution in [0.3, 0.4) is 0 Å². The summed E-state index contributed by atoms with van der Waals surface area (Å²) in [6.45, 7) is 4.64. The molecule has 0 aliphatic carbocycles. The van der Waals surface area contributed by atoms with Gasteiger partial charge in [0.15, 0.2) is 0 Å². The van der Waals surface area contributed by atoms with Crippen LogP contribution in [0.25, 0.3) is 11.4 Å². The van der Waals surface area contributed by atoms with Gasteiger partial charge in [0.2, 0.25) is 11.7 Å². The van der Waals surface area contributed by atoms with E-state index in [1.807, 2.05) is 12.1 Å². The lowest BCUT2D eigenvalue weighted by Crippen LogP contribution is -2.42. The van der Waals surface area contributed by atoms with Gasteiger partial charge < -0.3 is 14.0 Å². The van der Waals surface area contributed by atoms with E-state index in [9.17, 15) is 4.79 Å². The Morgan fingerprint density at radius 1 is 1.36 bits per heavy atom. The number of aryl methyl sites for hydroxylation is 1. The maximum atomic E-state index is 11.4. The third-order valence-corrected chi connectivity index (χ3v) is 4.29. The summed E-state index contributed by atoms with van der Waals surface area (Å²) >= 11 is 0. The molecule has 1 aliphatic rings. The minimum atomic E-state index is -0.262. The predicted octanol–water partition coefficient (Wildman–Crippen LogP) is 2.06. The summed E-state index contributed by atoms with van der Waals surface area (Å²) in [6, 6.07) is 8.17. The Kier molecular flexibility index (Phi) is 5.78. The molecule has 134 valence electrons. The van der Waals surface area contributed by atoms with E-state index in [1.165, 1.54) is 12.7 Å². The third kappa shape index (κ3) is 4.64. The van der Waals surface area contributed by atoms with Crippen molar-refractivity contribution in [2.24, 2.45) is 0 Å². The molecule has 0 unspecified atom stereocenters. The number of esters is 1. The van der Waals surface area contributed by atoms with E-state index in [4.69, 9.17) is 14.0 Å². The van der Waals surface area contributed by atoms with Gasteiger partial charge in [-0.15, -0.1) is 0 Å². The van der Waals surface area contributed by atoms with E-state index < -0.39 is 0 Å². The molecule has 0 saturated carbocycles. The topological polar surface area (TPSA) is 77.7 Å². The molecule has 0 bridgehead atoms. The fraction of sp³-hybridized carbons (Fsp3) is 0.500. The molecular formula is C18H23N3O4. The van der Waals surface area contributed by atoms with Gasteiger partial charge in [-0.2, -0.15) is 4.98 Å². The Bertz CT molecular complexity index is 699. The molecule has 1 saturated heterocycles. The first-order chi connectivity index (χ1) is 12.2. The third-order valence-electron chi connectivity index (χ3n) is 4.29. The van der Waals surface area contributed by atoms with Crippen molar-refractivity contribution in [2.75, 3.05) is 26.8 Å². The number of morpholine rings is 1. The number of carbonyl (C=O) groups excluding carboxylic acids is 1. The van der Waals surface area contributed by atoms with Crippen molar-refractivity contribution >= 4 is 5.97 Å². The quantitative estimate of drug-likeness (QED) is 0.742. The Balaban J connectivity index is 1.59. The van der Waals surface area contributed by atoms with E-state index in [0.29, 0.717) is 31.4 Å². The highest BCUT2D eigenvalue weighted by atomic mass is 16.5. The summed E-state index contributed by atoms with van der Waals surface area (Å²) in [7, 11) is 1.38. The number of ether oxygens (including phenoxy) is 2. The highest BCUT2D eigenvalue weighted by Gasteiger charge is 2.24. The maximum absolute atomic E-state index is 11.4. The molecule has 0 N–H and O–H groups in total. The molecule has 2 heterocycles. The number of methoxy groups -OCH3 is 1. The van der Waals surface area contributed by atoms with Gasteiger partial charge in [0.1, 0.15) is 0 Å². The largest absolute Gasteiger partial charge is 0.469 e. The predicted molar refractivity (Wildman–Crippen MR) is 90.8 cm³/mol. The fourth-order valence-electron chi connectivity index (χ4n) is 2.83. The van der Waals surface area contributed by atoms with Crippen LogP contribution < -0.4 is 0 Å². The van der Waals surface area contributed by atoms with E-state index in [0.717, 1.165) is 18.5 Å². The lowest BCUT2D eigenvalue weighted by molar-refractivity contribution is -0.145. The summed E-state index contributed by atoms with van der Waals surface area (Å²) in [5.41, 5.74) is 2.22. The number of aromatic nitrogens is 2. The molecule has 1 aliphatic heterocycles. The van der Waals surface area contributed by atoms with Gasteiger partial charge >= 0.3 is 5.97 Å². The number of benzene rings is 1. The Hall–Kier alpha value is -2.25. The first kappa shape index (κ1) is 17.6. The van der Waals surface area contributed by atoms with Gasteiger partial charge in [0.25, 0.3) is 0 Å². The number of hydrogen-bond donors (Lipinski definition) is 0. The second-order valence-corrected chi connectivity index (χ2v) is 6.07. The Morgan fingerprint density at radius 2 is 2.16 bits per heavy atom. The van der Waals surface area contributed by atoms with Crippen LogP contribution in [-0.4, -0.2) is 53.9 Å². The van der Waals surface area contributed by atoms with Crippen molar-refractivity contribution in [1.82, 2.24) is 15.0 Å². The van der Waals surface area contributed by atoms with Gasteiger partial charge in [-0.05, 0) is 12.0 Å².